The Morgan fingerprint density at radius 2 is 1.42 bits per heavy atom. The summed E-state index contributed by atoms with van der Waals surface area (Å²) >= 11 is 0. The molecule has 3 aromatic carbocycles. The minimum atomic E-state index is -0.714. The Labute approximate surface area is 191 Å². The number of carbonyl (C=O) groups is 2. The molecule has 0 spiro atoms. The van der Waals surface area contributed by atoms with Gasteiger partial charge in [-0.2, -0.15) is 5.26 Å². The number of rotatable bonds is 6. The molecule has 0 saturated carbocycles. The molecule has 0 saturated heterocycles. The van der Waals surface area contributed by atoms with Gasteiger partial charge in [0.25, 0.3) is 0 Å². The molecule has 3 aromatic rings. The summed E-state index contributed by atoms with van der Waals surface area (Å²) in [6, 6.07) is 25.2. The largest absolute Gasteiger partial charge is 0.456 e. The van der Waals surface area contributed by atoms with Crippen LogP contribution in [0.3, 0.4) is 0 Å². The fraction of sp³-hybridized carbons (Fsp3) is 0.115. The monoisotopic (exact) mass is 439 g/mol. The van der Waals surface area contributed by atoms with Crippen LogP contribution in [0.2, 0.25) is 0 Å². The van der Waals surface area contributed by atoms with Gasteiger partial charge in [0, 0.05) is 14.1 Å². The molecule has 7 heteroatoms. The van der Waals surface area contributed by atoms with E-state index in [1.165, 1.54) is 0 Å². The zero-order valence-corrected chi connectivity index (χ0v) is 18.2. The molecule has 33 heavy (non-hydrogen) atoms. The third kappa shape index (κ3) is 4.27. The average Bonchev–Trinajstić information content (AvgIpc) is 3.09. The van der Waals surface area contributed by atoms with E-state index in [0.29, 0.717) is 17.3 Å². The molecule has 4 rings (SSSR count). The van der Waals surface area contributed by atoms with Crippen molar-refractivity contribution in [2.45, 2.75) is 0 Å². The quantitative estimate of drug-likeness (QED) is 0.317. The maximum absolute atomic E-state index is 12.9. The second-order valence-corrected chi connectivity index (χ2v) is 7.33. The summed E-state index contributed by atoms with van der Waals surface area (Å²) in [4.78, 5) is 29.1. The zero-order chi connectivity index (χ0) is 23.4. The number of esters is 1. The van der Waals surface area contributed by atoms with Crippen LogP contribution in [0.5, 0.6) is 11.5 Å². The summed E-state index contributed by atoms with van der Waals surface area (Å²) < 4.78 is 11.1. The van der Waals surface area contributed by atoms with Gasteiger partial charge in [-0.05, 0) is 36.4 Å². The molecule has 0 bridgehead atoms. The molecule has 1 aliphatic rings. The zero-order valence-electron chi connectivity index (χ0n) is 18.2. The first-order chi connectivity index (χ1) is 16.0. The van der Waals surface area contributed by atoms with Gasteiger partial charge in [0.1, 0.15) is 34.5 Å². The average molecular weight is 439 g/mol. The first-order valence-electron chi connectivity index (χ1n) is 10.2. The Hall–Kier alpha value is -4.57. The summed E-state index contributed by atoms with van der Waals surface area (Å²) in [5.41, 5.74) is 1.85. The van der Waals surface area contributed by atoms with Crippen LogP contribution in [0, 0.1) is 11.3 Å². The van der Waals surface area contributed by atoms with Crippen molar-refractivity contribution in [2.24, 2.45) is 0 Å². The lowest BCUT2D eigenvalue weighted by Gasteiger charge is -2.19. The molecule has 0 fully saturated rings. The standard InChI is InChI=1S/C26H21N3O4/c1-28-21-13-7-8-14-22(21)29(2)25(28)20(16-27)23(30)17-32-26(31)19-12-6-9-15-24(19)33-18-10-4-3-5-11-18/h3-15H,17H2,1-2H3. The molecule has 1 heterocycles. The van der Waals surface area contributed by atoms with Gasteiger partial charge in [0.2, 0.25) is 5.78 Å². The molecule has 1 aliphatic heterocycles. The van der Waals surface area contributed by atoms with Gasteiger partial charge < -0.3 is 19.3 Å². The van der Waals surface area contributed by atoms with Crippen LogP contribution in [0.15, 0.2) is 90.3 Å². The molecule has 0 radical (unpaired) electrons. The summed E-state index contributed by atoms with van der Waals surface area (Å²) in [5, 5.41) is 9.72. The lowest BCUT2D eigenvalue weighted by atomic mass is 10.1. The molecule has 164 valence electrons. The van der Waals surface area contributed by atoms with Crippen LogP contribution >= 0.6 is 0 Å². The van der Waals surface area contributed by atoms with Crippen molar-refractivity contribution in [3.05, 3.63) is 95.8 Å². The summed E-state index contributed by atoms with van der Waals surface area (Å²) in [7, 11) is 3.57. The predicted octanol–water partition coefficient (Wildman–Crippen LogP) is 4.53. The highest BCUT2D eigenvalue weighted by atomic mass is 16.5. The molecule has 0 N–H and O–H groups in total. The van der Waals surface area contributed by atoms with Crippen LogP contribution in [0.25, 0.3) is 0 Å². The van der Waals surface area contributed by atoms with Crippen molar-refractivity contribution in [3.8, 4) is 17.6 Å². The van der Waals surface area contributed by atoms with Crippen LogP contribution in [-0.2, 0) is 9.53 Å². The third-order valence-corrected chi connectivity index (χ3v) is 5.27. The highest BCUT2D eigenvalue weighted by Gasteiger charge is 2.31. The van der Waals surface area contributed by atoms with Gasteiger partial charge in [0.15, 0.2) is 6.61 Å². The van der Waals surface area contributed by atoms with E-state index in [4.69, 9.17) is 9.47 Å². The second-order valence-electron chi connectivity index (χ2n) is 7.33. The van der Waals surface area contributed by atoms with Crippen LogP contribution in [-0.4, -0.2) is 32.5 Å². The maximum Gasteiger partial charge on any atom is 0.342 e. The molecule has 0 atom stereocenters. The van der Waals surface area contributed by atoms with E-state index in [2.05, 4.69) is 0 Å². The smallest absolute Gasteiger partial charge is 0.342 e. The number of nitrogens with zero attached hydrogens (tertiary/aromatic N) is 3. The van der Waals surface area contributed by atoms with Crippen LogP contribution in [0.1, 0.15) is 10.4 Å². The van der Waals surface area contributed by atoms with Crippen molar-refractivity contribution in [1.29, 1.82) is 5.26 Å². The molecule has 7 nitrogen and oxygen atoms in total. The van der Waals surface area contributed by atoms with Gasteiger partial charge in [-0.3, -0.25) is 4.79 Å². The van der Waals surface area contributed by atoms with E-state index in [9.17, 15) is 14.9 Å². The highest BCUT2D eigenvalue weighted by molar-refractivity contribution is 6.04. The van der Waals surface area contributed by atoms with E-state index >= 15 is 0 Å². The molecular weight excluding hydrogens is 418 g/mol. The van der Waals surface area contributed by atoms with Crippen molar-refractivity contribution in [2.75, 3.05) is 30.5 Å². The van der Waals surface area contributed by atoms with Crippen molar-refractivity contribution in [1.82, 2.24) is 0 Å². The number of anilines is 2. The van der Waals surface area contributed by atoms with E-state index in [-0.39, 0.29) is 11.1 Å². The lowest BCUT2D eigenvalue weighted by Crippen LogP contribution is -2.27. The summed E-state index contributed by atoms with van der Waals surface area (Å²) in [6.07, 6.45) is 0. The molecule has 0 amide bonds. The van der Waals surface area contributed by atoms with E-state index in [1.54, 1.807) is 60.3 Å². The first kappa shape index (κ1) is 21.7. The Morgan fingerprint density at radius 1 is 0.848 bits per heavy atom. The number of hydrogen-bond acceptors (Lipinski definition) is 7. The molecule has 0 unspecified atom stereocenters. The highest BCUT2D eigenvalue weighted by Crippen LogP contribution is 2.40. The number of benzene rings is 3. The number of ketones is 1. The van der Waals surface area contributed by atoms with Gasteiger partial charge in [-0.25, -0.2) is 4.79 Å². The van der Waals surface area contributed by atoms with Gasteiger partial charge in [0.05, 0.1) is 11.4 Å². The number of hydrogen-bond donors (Lipinski definition) is 0. The summed E-state index contributed by atoms with van der Waals surface area (Å²) in [6.45, 7) is -0.567. The number of ether oxygens (including phenoxy) is 2. The van der Waals surface area contributed by atoms with Crippen LogP contribution in [0.4, 0.5) is 11.4 Å². The Bertz CT molecular complexity index is 1250. The number of Topliss-reactive ketones (excluding diaryl/α,β-unsaturated/α-hetero) is 1. The van der Waals surface area contributed by atoms with Gasteiger partial charge >= 0.3 is 5.97 Å². The normalized spacial score (nSPS) is 12.1. The van der Waals surface area contributed by atoms with Crippen molar-refractivity contribution in [3.63, 3.8) is 0 Å². The molecule has 0 aliphatic carbocycles. The number of para-hydroxylation sites is 4. The minimum Gasteiger partial charge on any atom is -0.456 e. The Balaban J connectivity index is 1.51. The van der Waals surface area contributed by atoms with Crippen molar-refractivity contribution >= 4 is 23.1 Å². The number of fused-ring (bicyclic) bond motifs is 1. The number of nitriles is 1. The van der Waals surface area contributed by atoms with Gasteiger partial charge in [-0.15, -0.1) is 0 Å². The predicted molar refractivity (Wildman–Crippen MR) is 124 cm³/mol. The fourth-order valence-corrected chi connectivity index (χ4v) is 3.68. The SMILES string of the molecule is CN1C(=C(C#N)C(=O)COC(=O)c2ccccc2Oc2ccccc2)N(C)c2ccccc21. The Kier molecular flexibility index (Phi) is 6.09. The minimum absolute atomic E-state index is 0.0854. The van der Waals surface area contributed by atoms with E-state index < -0.39 is 18.4 Å². The molecular formula is C26H21N3O4. The number of carbonyl (C=O) groups excluding carboxylic acids is 2. The first-order valence-corrected chi connectivity index (χ1v) is 10.2. The molecule has 0 aromatic heterocycles. The maximum atomic E-state index is 12.9. The van der Waals surface area contributed by atoms with Crippen molar-refractivity contribution < 1.29 is 19.1 Å². The topological polar surface area (TPSA) is 82.9 Å². The van der Waals surface area contributed by atoms with E-state index in [1.807, 2.05) is 48.5 Å². The van der Waals surface area contributed by atoms with Gasteiger partial charge in [-0.1, -0.05) is 42.5 Å². The fourth-order valence-electron chi connectivity index (χ4n) is 3.68. The summed E-state index contributed by atoms with van der Waals surface area (Å²) in [5.74, 6) is 0.0119. The Morgan fingerprint density at radius 3 is 2.06 bits per heavy atom. The van der Waals surface area contributed by atoms with Crippen LogP contribution < -0.4 is 14.5 Å². The lowest BCUT2D eigenvalue weighted by molar-refractivity contribution is -0.118. The third-order valence-electron chi connectivity index (χ3n) is 5.27. The van der Waals surface area contributed by atoms with E-state index in [0.717, 1.165) is 11.4 Å². The second kappa shape index (κ2) is 9.28.